The Bertz CT molecular complexity index is 719. The van der Waals surface area contributed by atoms with Gasteiger partial charge in [-0.3, -0.25) is 0 Å². The highest BCUT2D eigenvalue weighted by Crippen LogP contribution is 2.38. The van der Waals surface area contributed by atoms with Crippen molar-refractivity contribution in [3.8, 4) is 0 Å². The summed E-state index contributed by atoms with van der Waals surface area (Å²) in [6.45, 7) is 11.4. The molecule has 3 nitrogen and oxygen atoms in total. The highest BCUT2D eigenvalue weighted by molar-refractivity contribution is 14.1. The van der Waals surface area contributed by atoms with Gasteiger partial charge in [-0.05, 0) is 29.3 Å². The molecule has 0 aromatic heterocycles. The van der Waals surface area contributed by atoms with E-state index in [9.17, 15) is 0 Å². The first-order valence-corrected chi connectivity index (χ1v) is 13.3. The van der Waals surface area contributed by atoms with Crippen molar-refractivity contribution in [2.75, 3.05) is 11.0 Å². The van der Waals surface area contributed by atoms with E-state index in [0.717, 1.165) is 4.43 Å². The maximum atomic E-state index is 7.01. The molecular weight excluding hydrogens is 479 g/mol. The maximum absolute atomic E-state index is 7.01. The third kappa shape index (κ3) is 4.38. The molecule has 1 aliphatic rings. The van der Waals surface area contributed by atoms with Gasteiger partial charge in [-0.25, -0.2) is 0 Å². The van der Waals surface area contributed by atoms with Crippen LogP contribution in [0.2, 0.25) is 5.04 Å². The van der Waals surface area contributed by atoms with Crippen LogP contribution in [-0.4, -0.2) is 37.3 Å². The predicted octanol–water partition coefficient (Wildman–Crippen LogP) is 4.52. The Balaban J connectivity index is 2.02. The lowest BCUT2D eigenvalue weighted by atomic mass is 10.2. The van der Waals surface area contributed by atoms with E-state index in [-0.39, 0.29) is 17.2 Å². The topological polar surface area (TPSA) is 27.7 Å². The van der Waals surface area contributed by atoms with Gasteiger partial charge < -0.3 is 13.9 Å². The fourth-order valence-corrected chi connectivity index (χ4v) is 9.47. The SMILES string of the molecule is CC1(C)OC(CO[Si](c2ccccc2)(c2ccccc2)C(C)(C)C)[C@H](CI)O1. The van der Waals surface area contributed by atoms with Gasteiger partial charge in [0.25, 0.3) is 8.32 Å². The van der Waals surface area contributed by atoms with Crippen LogP contribution in [0.25, 0.3) is 0 Å². The van der Waals surface area contributed by atoms with Crippen molar-refractivity contribution in [1.82, 2.24) is 0 Å². The minimum Gasteiger partial charge on any atom is -0.405 e. The largest absolute Gasteiger partial charge is 0.405 e. The van der Waals surface area contributed by atoms with E-state index in [1.807, 2.05) is 13.8 Å². The van der Waals surface area contributed by atoms with E-state index in [1.54, 1.807) is 0 Å². The lowest BCUT2D eigenvalue weighted by Crippen LogP contribution is -2.67. The number of hydrogen-bond donors (Lipinski definition) is 0. The van der Waals surface area contributed by atoms with Crippen LogP contribution < -0.4 is 10.4 Å². The van der Waals surface area contributed by atoms with Gasteiger partial charge in [0.1, 0.15) is 6.10 Å². The van der Waals surface area contributed by atoms with Gasteiger partial charge in [-0.1, -0.05) is 104 Å². The standard InChI is InChI=1S/C23H31IO3Si/c1-22(2,3)28(18-12-8-6-9-13-18,19-14-10-7-11-15-19)25-17-21-20(16-24)26-23(4,5)27-21/h6-15,20-21H,16-17H2,1-5H3/t20-,21?/m0/s1. The van der Waals surface area contributed by atoms with Crippen molar-refractivity contribution in [1.29, 1.82) is 0 Å². The Kier molecular flexibility index (Phi) is 6.71. The highest BCUT2D eigenvalue weighted by atomic mass is 127. The summed E-state index contributed by atoms with van der Waals surface area (Å²) in [7, 11) is -2.54. The summed E-state index contributed by atoms with van der Waals surface area (Å²) >= 11 is 2.37. The second-order valence-electron chi connectivity index (χ2n) is 8.84. The molecule has 28 heavy (non-hydrogen) atoms. The minimum atomic E-state index is -2.54. The fraction of sp³-hybridized carbons (Fsp3) is 0.478. The first-order chi connectivity index (χ1) is 13.2. The monoisotopic (exact) mass is 510 g/mol. The zero-order valence-corrected chi connectivity index (χ0v) is 20.6. The molecule has 1 aliphatic heterocycles. The molecule has 0 N–H and O–H groups in total. The van der Waals surface area contributed by atoms with Gasteiger partial charge in [0.15, 0.2) is 5.79 Å². The molecule has 0 radical (unpaired) electrons. The third-order valence-electron chi connectivity index (χ3n) is 5.32. The number of hydrogen-bond acceptors (Lipinski definition) is 3. The zero-order valence-electron chi connectivity index (χ0n) is 17.4. The molecule has 1 saturated heterocycles. The molecular formula is C23H31IO3Si. The summed E-state index contributed by atoms with van der Waals surface area (Å²) in [5, 5.41) is 2.54. The molecule has 1 heterocycles. The average Bonchev–Trinajstić information content (AvgIpc) is 2.97. The van der Waals surface area contributed by atoms with E-state index in [0.29, 0.717) is 6.61 Å². The van der Waals surface area contributed by atoms with E-state index >= 15 is 0 Å². The van der Waals surface area contributed by atoms with Gasteiger partial charge in [-0.2, -0.15) is 0 Å². The maximum Gasteiger partial charge on any atom is 0.261 e. The molecule has 3 rings (SSSR count). The molecule has 0 spiro atoms. The van der Waals surface area contributed by atoms with Crippen LogP contribution in [0.15, 0.2) is 60.7 Å². The second-order valence-corrected chi connectivity index (χ2v) is 14.0. The number of ether oxygens (including phenoxy) is 2. The van der Waals surface area contributed by atoms with E-state index in [2.05, 4.69) is 104 Å². The lowest BCUT2D eigenvalue weighted by molar-refractivity contribution is -0.146. The van der Waals surface area contributed by atoms with E-state index < -0.39 is 14.1 Å². The molecule has 1 fully saturated rings. The number of alkyl halides is 1. The lowest BCUT2D eigenvalue weighted by Gasteiger charge is -2.43. The van der Waals surface area contributed by atoms with Crippen molar-refractivity contribution in [3.63, 3.8) is 0 Å². The summed E-state index contributed by atoms with van der Waals surface area (Å²) in [6.07, 6.45) is -0.0117. The van der Waals surface area contributed by atoms with Crippen LogP contribution in [-0.2, 0) is 13.9 Å². The molecule has 0 aliphatic carbocycles. The van der Waals surface area contributed by atoms with Gasteiger partial charge in [0.05, 0.1) is 12.7 Å². The van der Waals surface area contributed by atoms with Crippen LogP contribution in [0.5, 0.6) is 0 Å². The summed E-state index contributed by atoms with van der Waals surface area (Å²) in [5.74, 6) is -0.560. The van der Waals surface area contributed by atoms with Crippen LogP contribution >= 0.6 is 22.6 Å². The molecule has 0 amide bonds. The Hall–Kier alpha value is -0.733. The Labute approximate surface area is 184 Å². The Morgan fingerprint density at radius 2 is 1.36 bits per heavy atom. The van der Waals surface area contributed by atoms with Gasteiger partial charge >= 0.3 is 0 Å². The average molecular weight is 510 g/mol. The number of halogens is 1. The van der Waals surface area contributed by atoms with Crippen molar-refractivity contribution in [2.24, 2.45) is 0 Å². The molecule has 5 heteroatoms. The van der Waals surface area contributed by atoms with Crippen molar-refractivity contribution in [2.45, 2.75) is 57.7 Å². The molecule has 2 aromatic carbocycles. The number of rotatable bonds is 6. The molecule has 0 bridgehead atoms. The predicted molar refractivity (Wildman–Crippen MR) is 126 cm³/mol. The third-order valence-corrected chi connectivity index (χ3v) is 11.2. The summed E-state index contributed by atoms with van der Waals surface area (Å²) < 4.78 is 20.2. The minimum absolute atomic E-state index is 0.0372. The Morgan fingerprint density at radius 1 is 0.893 bits per heavy atom. The van der Waals surface area contributed by atoms with Gasteiger partial charge in [-0.15, -0.1) is 0 Å². The van der Waals surface area contributed by atoms with E-state index in [4.69, 9.17) is 13.9 Å². The molecule has 0 saturated carbocycles. The first-order valence-electron chi connectivity index (χ1n) is 9.86. The summed E-state index contributed by atoms with van der Waals surface area (Å²) in [5.41, 5.74) is 0. The molecule has 152 valence electrons. The zero-order chi connectivity index (χ0) is 20.4. The van der Waals surface area contributed by atoms with Crippen LogP contribution in [0, 0.1) is 0 Å². The van der Waals surface area contributed by atoms with Crippen molar-refractivity contribution < 1.29 is 13.9 Å². The normalized spacial score (nSPS) is 22.4. The van der Waals surface area contributed by atoms with Crippen molar-refractivity contribution >= 4 is 41.3 Å². The Morgan fingerprint density at radius 3 is 1.79 bits per heavy atom. The second kappa shape index (κ2) is 8.56. The van der Waals surface area contributed by atoms with E-state index in [1.165, 1.54) is 10.4 Å². The summed E-state index contributed by atoms with van der Waals surface area (Å²) in [4.78, 5) is 0. The molecule has 1 unspecified atom stereocenters. The fourth-order valence-electron chi connectivity index (χ4n) is 4.15. The quantitative estimate of drug-likeness (QED) is 0.325. The van der Waals surface area contributed by atoms with Crippen LogP contribution in [0.1, 0.15) is 34.6 Å². The smallest absolute Gasteiger partial charge is 0.261 e. The first kappa shape index (κ1) is 22.0. The molecule has 2 atom stereocenters. The van der Waals surface area contributed by atoms with Crippen LogP contribution in [0.4, 0.5) is 0 Å². The molecule has 2 aromatic rings. The van der Waals surface area contributed by atoms with Gasteiger partial charge in [0.2, 0.25) is 0 Å². The van der Waals surface area contributed by atoms with Gasteiger partial charge in [0, 0.05) is 4.43 Å². The number of benzene rings is 2. The summed E-state index contributed by atoms with van der Waals surface area (Å²) in [6, 6.07) is 21.5. The van der Waals surface area contributed by atoms with Crippen molar-refractivity contribution in [3.05, 3.63) is 60.7 Å². The van der Waals surface area contributed by atoms with Crippen LogP contribution in [0.3, 0.4) is 0 Å². The highest BCUT2D eigenvalue weighted by Gasteiger charge is 2.51.